The van der Waals surface area contributed by atoms with Crippen molar-refractivity contribution in [2.75, 3.05) is 19.0 Å². The molecule has 3 nitrogen and oxygen atoms in total. The fourth-order valence-corrected chi connectivity index (χ4v) is 2.87. The summed E-state index contributed by atoms with van der Waals surface area (Å²) in [7, 11) is 4.09. The van der Waals surface area contributed by atoms with Crippen molar-refractivity contribution in [2.45, 2.75) is 45.2 Å². The van der Waals surface area contributed by atoms with E-state index in [0.717, 1.165) is 11.7 Å². The number of hydrogen-bond acceptors (Lipinski definition) is 4. The van der Waals surface area contributed by atoms with Crippen molar-refractivity contribution >= 4 is 16.5 Å². The molecule has 0 aromatic carbocycles. The molecule has 16 heavy (non-hydrogen) atoms. The fourth-order valence-electron chi connectivity index (χ4n) is 1.95. The average molecular weight is 239 g/mol. The maximum absolute atomic E-state index is 4.56. The Bertz CT molecular complexity index is 366. The normalized spacial score (nSPS) is 18.2. The molecule has 0 atom stereocenters. The van der Waals surface area contributed by atoms with Crippen LogP contribution in [0.15, 0.2) is 0 Å². The Morgan fingerprint density at radius 2 is 2.12 bits per heavy atom. The number of anilines is 1. The van der Waals surface area contributed by atoms with Gasteiger partial charge in [0.2, 0.25) is 0 Å². The highest BCUT2D eigenvalue weighted by Gasteiger charge is 2.31. The Morgan fingerprint density at radius 3 is 2.56 bits per heavy atom. The molecule has 4 heteroatoms. The minimum Gasteiger partial charge on any atom is -0.354 e. The van der Waals surface area contributed by atoms with E-state index < -0.39 is 0 Å². The number of rotatable bonds is 4. The van der Waals surface area contributed by atoms with Gasteiger partial charge < -0.3 is 10.2 Å². The van der Waals surface area contributed by atoms with E-state index in [9.17, 15) is 0 Å². The average Bonchev–Trinajstić information content (AvgIpc) is 2.54. The van der Waals surface area contributed by atoms with Gasteiger partial charge in [-0.1, -0.05) is 0 Å². The zero-order valence-electron chi connectivity index (χ0n) is 10.6. The van der Waals surface area contributed by atoms with Crippen LogP contribution in [0.2, 0.25) is 0 Å². The Morgan fingerprint density at radius 1 is 1.44 bits per heavy atom. The zero-order valence-corrected chi connectivity index (χ0v) is 11.4. The highest BCUT2D eigenvalue weighted by atomic mass is 32.1. The van der Waals surface area contributed by atoms with Crippen LogP contribution in [0.25, 0.3) is 0 Å². The predicted molar refractivity (Wildman–Crippen MR) is 70.3 cm³/mol. The van der Waals surface area contributed by atoms with E-state index in [0.29, 0.717) is 5.54 Å². The summed E-state index contributed by atoms with van der Waals surface area (Å²) in [6, 6.07) is 0. The maximum atomic E-state index is 4.56. The van der Waals surface area contributed by atoms with Crippen LogP contribution in [0.4, 0.5) is 5.13 Å². The first-order valence-corrected chi connectivity index (χ1v) is 6.70. The summed E-state index contributed by atoms with van der Waals surface area (Å²) in [6.07, 6.45) is 3.99. The third kappa shape index (κ3) is 2.38. The van der Waals surface area contributed by atoms with E-state index in [1.165, 1.54) is 29.8 Å². The number of nitrogens with one attached hydrogen (secondary N) is 1. The first-order chi connectivity index (χ1) is 7.50. The molecule has 1 aliphatic rings. The van der Waals surface area contributed by atoms with Gasteiger partial charge in [0.15, 0.2) is 5.13 Å². The second-order valence-electron chi connectivity index (χ2n) is 5.17. The molecule has 0 radical (unpaired) electrons. The summed E-state index contributed by atoms with van der Waals surface area (Å²) in [5.41, 5.74) is 1.55. The lowest BCUT2D eigenvalue weighted by atomic mass is 9.78. The summed E-state index contributed by atoms with van der Waals surface area (Å²) in [5, 5.41) is 4.76. The smallest absolute Gasteiger partial charge is 0.185 e. The second kappa shape index (κ2) is 4.34. The largest absolute Gasteiger partial charge is 0.354 e. The molecule has 90 valence electrons. The Hall–Kier alpha value is -0.610. The third-order valence-corrected chi connectivity index (χ3v) is 4.72. The molecule has 0 bridgehead atoms. The van der Waals surface area contributed by atoms with Crippen molar-refractivity contribution in [1.82, 2.24) is 10.3 Å². The van der Waals surface area contributed by atoms with Crippen molar-refractivity contribution in [1.29, 1.82) is 0 Å². The van der Waals surface area contributed by atoms with E-state index in [-0.39, 0.29) is 0 Å². The van der Waals surface area contributed by atoms with Gasteiger partial charge in [-0.3, -0.25) is 0 Å². The predicted octanol–water partition coefficient (Wildman–Crippen LogP) is 2.55. The molecule has 0 spiro atoms. The van der Waals surface area contributed by atoms with Crippen LogP contribution in [0.1, 0.15) is 36.8 Å². The lowest BCUT2D eigenvalue weighted by molar-refractivity contribution is 0.207. The highest BCUT2D eigenvalue weighted by molar-refractivity contribution is 7.15. The highest BCUT2D eigenvalue weighted by Crippen LogP contribution is 2.32. The van der Waals surface area contributed by atoms with Crippen molar-refractivity contribution < 1.29 is 0 Å². The van der Waals surface area contributed by atoms with Crippen LogP contribution in [0.5, 0.6) is 0 Å². The van der Waals surface area contributed by atoms with Gasteiger partial charge in [-0.25, -0.2) is 4.98 Å². The molecule has 2 rings (SSSR count). The van der Waals surface area contributed by atoms with Crippen LogP contribution in [-0.2, 0) is 6.54 Å². The Labute approximate surface area is 102 Å². The van der Waals surface area contributed by atoms with E-state index in [4.69, 9.17) is 0 Å². The second-order valence-corrected chi connectivity index (χ2v) is 6.23. The lowest BCUT2D eigenvalue weighted by Crippen LogP contribution is -2.47. The van der Waals surface area contributed by atoms with Crippen LogP contribution >= 0.6 is 11.3 Å². The van der Waals surface area contributed by atoms with Gasteiger partial charge in [0.25, 0.3) is 0 Å². The minimum absolute atomic E-state index is 0.384. The monoisotopic (exact) mass is 239 g/mol. The summed E-state index contributed by atoms with van der Waals surface area (Å²) < 4.78 is 0. The molecule has 1 aromatic heterocycles. The summed E-state index contributed by atoms with van der Waals surface area (Å²) in [5.74, 6) is 0. The van der Waals surface area contributed by atoms with Crippen molar-refractivity contribution in [2.24, 2.45) is 0 Å². The summed E-state index contributed by atoms with van der Waals surface area (Å²) in [6.45, 7) is 5.39. The Balaban J connectivity index is 1.98. The van der Waals surface area contributed by atoms with Crippen molar-refractivity contribution in [3.63, 3.8) is 0 Å². The van der Waals surface area contributed by atoms with Crippen molar-refractivity contribution in [3.05, 3.63) is 10.6 Å². The standard InChI is InChI=1S/C12H21N3S/c1-9-10(16-11(14-9)15(3)4)8-13-12(2)6-5-7-12/h13H,5-8H2,1-4H3. The molecule has 1 N–H and O–H groups in total. The Kier molecular flexibility index (Phi) is 3.22. The van der Waals surface area contributed by atoms with Crippen LogP contribution < -0.4 is 10.2 Å². The van der Waals surface area contributed by atoms with Gasteiger partial charge in [-0.05, 0) is 33.1 Å². The van der Waals surface area contributed by atoms with Gasteiger partial charge in [-0.2, -0.15) is 0 Å². The van der Waals surface area contributed by atoms with Gasteiger partial charge in [0.1, 0.15) is 0 Å². The fraction of sp³-hybridized carbons (Fsp3) is 0.750. The van der Waals surface area contributed by atoms with Gasteiger partial charge in [0, 0.05) is 31.1 Å². The molecule has 1 saturated carbocycles. The van der Waals surface area contributed by atoms with Gasteiger partial charge in [0.05, 0.1) is 5.69 Å². The first kappa shape index (κ1) is 11.9. The zero-order chi connectivity index (χ0) is 11.8. The molecular weight excluding hydrogens is 218 g/mol. The minimum atomic E-state index is 0.384. The number of nitrogens with zero attached hydrogens (tertiary/aromatic N) is 2. The first-order valence-electron chi connectivity index (χ1n) is 5.89. The lowest BCUT2D eigenvalue weighted by Gasteiger charge is -2.39. The molecule has 1 aliphatic carbocycles. The molecule has 0 unspecified atom stereocenters. The van der Waals surface area contributed by atoms with E-state index in [1.54, 1.807) is 11.3 Å². The number of hydrogen-bond donors (Lipinski definition) is 1. The van der Waals surface area contributed by atoms with Gasteiger partial charge >= 0.3 is 0 Å². The number of aromatic nitrogens is 1. The molecular formula is C12H21N3S. The SMILES string of the molecule is Cc1nc(N(C)C)sc1CNC1(C)CCC1. The molecule has 1 aromatic rings. The molecule has 0 saturated heterocycles. The van der Waals surface area contributed by atoms with Gasteiger partial charge in [-0.15, -0.1) is 11.3 Å². The molecule has 1 fully saturated rings. The van der Waals surface area contributed by atoms with E-state index >= 15 is 0 Å². The van der Waals surface area contributed by atoms with Crippen LogP contribution in [0.3, 0.4) is 0 Å². The van der Waals surface area contributed by atoms with E-state index in [2.05, 4.69) is 29.0 Å². The maximum Gasteiger partial charge on any atom is 0.185 e. The number of thiazole rings is 1. The molecule has 1 heterocycles. The topological polar surface area (TPSA) is 28.2 Å². The van der Waals surface area contributed by atoms with Crippen LogP contribution in [0, 0.1) is 6.92 Å². The van der Waals surface area contributed by atoms with Crippen LogP contribution in [-0.4, -0.2) is 24.6 Å². The third-order valence-electron chi connectivity index (χ3n) is 3.40. The molecule has 0 aliphatic heterocycles. The molecule has 0 amide bonds. The van der Waals surface area contributed by atoms with E-state index in [1.807, 2.05) is 14.1 Å². The number of aryl methyl sites for hydroxylation is 1. The summed E-state index contributed by atoms with van der Waals surface area (Å²) in [4.78, 5) is 8.01. The van der Waals surface area contributed by atoms with Crippen molar-refractivity contribution in [3.8, 4) is 0 Å². The quantitative estimate of drug-likeness (QED) is 0.875. The summed E-state index contributed by atoms with van der Waals surface area (Å²) >= 11 is 1.80.